The molecular weight excluding hydrogens is 549 g/mol. The quantitative estimate of drug-likeness (QED) is 0.0977. The predicted octanol–water partition coefficient (Wildman–Crippen LogP) is 0.375. The van der Waals surface area contributed by atoms with Crippen LogP contribution >= 0.6 is 0 Å². The lowest BCUT2D eigenvalue weighted by atomic mass is 10.6. The molecule has 0 aromatic carbocycles. The zero-order valence-electron chi connectivity index (χ0n) is 25.2. The number of ether oxygens (including phenoxy) is 12. The van der Waals surface area contributed by atoms with Crippen LogP contribution in [0.1, 0.15) is 0 Å². The summed E-state index contributed by atoms with van der Waals surface area (Å²) >= 11 is 0. The van der Waals surface area contributed by atoms with E-state index >= 15 is 0 Å². The van der Waals surface area contributed by atoms with Crippen molar-refractivity contribution in [3.63, 3.8) is 0 Å². The molecule has 0 amide bonds. The van der Waals surface area contributed by atoms with Crippen LogP contribution in [-0.2, 0) is 56.8 Å². The second-order valence-electron chi connectivity index (χ2n) is 8.14. The highest BCUT2D eigenvalue weighted by molar-refractivity contribution is 4.40. The largest absolute Gasteiger partial charge is 0.378 e. The van der Waals surface area contributed by atoms with Crippen molar-refractivity contribution in [3.8, 4) is 0 Å². The molecule has 0 atom stereocenters. The topological polar surface area (TPSA) is 123 Å². The van der Waals surface area contributed by atoms with Crippen molar-refractivity contribution < 1.29 is 61.2 Å². The van der Waals surface area contributed by atoms with Crippen LogP contribution in [0.3, 0.4) is 0 Å². The van der Waals surface area contributed by atoms with Gasteiger partial charge in [-0.25, -0.2) is 4.39 Å². The second kappa shape index (κ2) is 39.4. The van der Waals surface area contributed by atoms with Crippen molar-refractivity contribution in [2.75, 3.05) is 179 Å². The minimum absolute atomic E-state index is 0.114. The van der Waals surface area contributed by atoms with E-state index in [1.165, 1.54) is 0 Å². The van der Waals surface area contributed by atoms with Crippen molar-refractivity contribution >= 4 is 0 Å². The van der Waals surface area contributed by atoms with Gasteiger partial charge in [0.05, 0.1) is 159 Å². The molecule has 13 nitrogen and oxygen atoms in total. The molecule has 1 N–H and O–H groups in total. The summed E-state index contributed by atoms with van der Waals surface area (Å²) in [5.41, 5.74) is 0. The monoisotopic (exact) mass is 605 g/mol. The normalized spacial score (nSPS) is 11.6. The van der Waals surface area contributed by atoms with Gasteiger partial charge >= 0.3 is 0 Å². The van der Waals surface area contributed by atoms with Gasteiger partial charge in [0.25, 0.3) is 0 Å². The highest BCUT2D eigenvalue weighted by atomic mass is 19.1. The summed E-state index contributed by atoms with van der Waals surface area (Å²) in [7, 11) is 1.89. The van der Waals surface area contributed by atoms with Crippen LogP contribution in [0.5, 0.6) is 0 Å². The maximum absolute atomic E-state index is 11.8. The molecule has 0 heterocycles. The smallest absolute Gasteiger partial charge is 0.113 e. The van der Waals surface area contributed by atoms with Crippen molar-refractivity contribution in [2.24, 2.45) is 0 Å². The lowest BCUT2D eigenvalue weighted by Gasteiger charge is -2.09. The Hall–Kier alpha value is -0.590. The Bertz CT molecular complexity index is 423. The number of rotatable bonds is 38. The molecule has 0 rings (SSSR count). The van der Waals surface area contributed by atoms with Crippen LogP contribution in [0.4, 0.5) is 4.39 Å². The van der Waals surface area contributed by atoms with E-state index < -0.39 is 6.67 Å². The maximum atomic E-state index is 11.8. The van der Waals surface area contributed by atoms with E-state index in [2.05, 4.69) is 5.32 Å². The molecule has 0 spiro atoms. The molecule has 0 fully saturated rings. The molecule has 0 saturated carbocycles. The number of likely N-dealkylation sites (N-methyl/N-ethyl adjacent to an activating group) is 1. The molecule has 0 aliphatic rings. The van der Waals surface area contributed by atoms with Gasteiger partial charge in [0.1, 0.15) is 6.67 Å². The molecule has 0 aromatic rings. The molecule has 0 radical (unpaired) electrons. The van der Waals surface area contributed by atoms with Crippen LogP contribution in [0.15, 0.2) is 0 Å². The fraction of sp³-hybridized carbons (Fsp3) is 1.00. The van der Waals surface area contributed by atoms with E-state index in [4.69, 9.17) is 56.8 Å². The van der Waals surface area contributed by atoms with E-state index in [0.717, 1.165) is 6.54 Å². The number of alkyl halides is 1. The first-order chi connectivity index (χ1) is 20.4. The molecule has 41 heavy (non-hydrogen) atoms. The SMILES string of the molecule is CNCCOCCOCCOCCOCCOCCOCCOCCOCCOCCOCCOCCOCCF. The van der Waals surface area contributed by atoms with E-state index in [0.29, 0.717) is 152 Å². The van der Waals surface area contributed by atoms with E-state index in [1.54, 1.807) is 0 Å². The molecule has 0 aliphatic carbocycles. The van der Waals surface area contributed by atoms with Crippen molar-refractivity contribution in [1.82, 2.24) is 5.32 Å². The minimum Gasteiger partial charge on any atom is -0.378 e. The summed E-state index contributed by atoms with van der Waals surface area (Å²) in [6.45, 7) is 12.3. The minimum atomic E-state index is -0.474. The van der Waals surface area contributed by atoms with Crippen molar-refractivity contribution in [1.29, 1.82) is 0 Å². The van der Waals surface area contributed by atoms with Gasteiger partial charge in [-0.3, -0.25) is 0 Å². The second-order valence-corrected chi connectivity index (χ2v) is 8.14. The van der Waals surface area contributed by atoms with E-state index in [-0.39, 0.29) is 6.61 Å². The molecule has 0 aromatic heterocycles. The first-order valence-electron chi connectivity index (χ1n) is 14.5. The summed E-state index contributed by atoms with van der Waals surface area (Å²) < 4.78 is 76.3. The zero-order valence-corrected chi connectivity index (χ0v) is 25.2. The van der Waals surface area contributed by atoms with Gasteiger partial charge in [-0.2, -0.15) is 0 Å². The maximum Gasteiger partial charge on any atom is 0.113 e. The molecule has 0 bridgehead atoms. The van der Waals surface area contributed by atoms with Crippen LogP contribution in [0.2, 0.25) is 0 Å². The lowest BCUT2D eigenvalue weighted by molar-refractivity contribution is -0.0284. The Kier molecular flexibility index (Phi) is 38.8. The number of halogens is 1. The van der Waals surface area contributed by atoms with Gasteiger partial charge in [-0.1, -0.05) is 0 Å². The average molecular weight is 606 g/mol. The summed E-state index contributed by atoms with van der Waals surface area (Å²) in [6.07, 6.45) is 0. The third-order valence-corrected chi connectivity index (χ3v) is 4.81. The van der Waals surface area contributed by atoms with E-state index in [1.807, 2.05) is 7.05 Å². The fourth-order valence-electron chi connectivity index (χ4n) is 2.75. The Labute approximate surface area is 245 Å². The van der Waals surface area contributed by atoms with Gasteiger partial charge in [-0.05, 0) is 7.05 Å². The summed E-state index contributed by atoms with van der Waals surface area (Å²) in [5.74, 6) is 0. The highest BCUT2D eigenvalue weighted by Gasteiger charge is 1.96. The van der Waals surface area contributed by atoms with Gasteiger partial charge < -0.3 is 62.2 Å². The molecular formula is C27H56FNO12. The molecule has 14 heteroatoms. The number of nitrogens with one attached hydrogen (secondary N) is 1. The Morgan fingerprint density at radius 3 is 0.634 bits per heavy atom. The first kappa shape index (κ1) is 40.4. The van der Waals surface area contributed by atoms with Gasteiger partial charge in [-0.15, -0.1) is 0 Å². The Morgan fingerprint density at radius 1 is 0.293 bits per heavy atom. The molecule has 0 aliphatic heterocycles. The van der Waals surface area contributed by atoms with Crippen LogP contribution in [0.25, 0.3) is 0 Å². The van der Waals surface area contributed by atoms with Crippen LogP contribution in [-0.4, -0.2) is 179 Å². The lowest BCUT2D eigenvalue weighted by Crippen LogP contribution is -2.17. The van der Waals surface area contributed by atoms with Crippen LogP contribution < -0.4 is 5.32 Å². The highest BCUT2D eigenvalue weighted by Crippen LogP contribution is 1.87. The van der Waals surface area contributed by atoms with Crippen molar-refractivity contribution in [3.05, 3.63) is 0 Å². The van der Waals surface area contributed by atoms with Gasteiger partial charge in [0.15, 0.2) is 0 Å². The van der Waals surface area contributed by atoms with Crippen molar-refractivity contribution in [2.45, 2.75) is 0 Å². The third-order valence-electron chi connectivity index (χ3n) is 4.81. The first-order valence-corrected chi connectivity index (χ1v) is 14.5. The standard InChI is InChI=1S/C27H56FNO12/c1-29-3-5-31-7-9-33-11-13-35-15-17-37-19-21-39-23-25-41-27-26-40-24-22-38-20-18-36-16-14-34-12-10-32-8-6-30-4-2-28/h29H,2-27H2,1H3. The number of hydrogen-bond donors (Lipinski definition) is 1. The molecule has 0 saturated heterocycles. The number of hydrogen-bond acceptors (Lipinski definition) is 13. The van der Waals surface area contributed by atoms with Gasteiger partial charge in [0.2, 0.25) is 0 Å². The molecule has 0 unspecified atom stereocenters. The average Bonchev–Trinajstić information content (AvgIpc) is 2.98. The fourth-order valence-corrected chi connectivity index (χ4v) is 2.75. The summed E-state index contributed by atoms with van der Waals surface area (Å²) in [4.78, 5) is 0. The third kappa shape index (κ3) is 39.4. The predicted molar refractivity (Wildman–Crippen MR) is 150 cm³/mol. The van der Waals surface area contributed by atoms with Crippen LogP contribution in [0, 0.1) is 0 Å². The van der Waals surface area contributed by atoms with Gasteiger partial charge in [0, 0.05) is 6.54 Å². The van der Waals surface area contributed by atoms with E-state index in [9.17, 15) is 4.39 Å². The summed E-state index contributed by atoms with van der Waals surface area (Å²) in [6, 6.07) is 0. The summed E-state index contributed by atoms with van der Waals surface area (Å²) in [5, 5.41) is 3.02. The Balaban J connectivity index is 3.02. The zero-order chi connectivity index (χ0) is 29.6. The Morgan fingerprint density at radius 2 is 0.463 bits per heavy atom. The molecule has 248 valence electrons.